The molecular formula is C15H18BrN3O. The number of amides is 1. The normalized spacial score (nSPS) is 18.8. The highest BCUT2D eigenvalue weighted by Gasteiger charge is 2.45. The van der Waals surface area contributed by atoms with Gasteiger partial charge in [-0.3, -0.25) is 4.79 Å². The van der Waals surface area contributed by atoms with Crippen LogP contribution in [0.4, 0.5) is 5.69 Å². The van der Waals surface area contributed by atoms with E-state index in [-0.39, 0.29) is 5.91 Å². The van der Waals surface area contributed by atoms with Crippen molar-refractivity contribution in [2.75, 3.05) is 5.32 Å². The second-order valence-electron chi connectivity index (χ2n) is 5.30. The number of nitrogens with one attached hydrogen (secondary N) is 1. The molecule has 0 spiro atoms. The number of hydrogen-bond donors (Lipinski definition) is 2. The summed E-state index contributed by atoms with van der Waals surface area (Å²) in [5, 5.41) is 12.7. The fourth-order valence-electron chi connectivity index (χ4n) is 2.90. The molecule has 0 heterocycles. The molecule has 4 nitrogen and oxygen atoms in total. The van der Waals surface area contributed by atoms with Crippen molar-refractivity contribution in [3.63, 3.8) is 0 Å². The molecule has 106 valence electrons. The number of halogens is 1. The number of benzene rings is 1. The number of carbonyl (C=O) groups excluding carboxylic acids is 1. The standard InChI is InChI=1S/C15H18BrN3O/c16-11-5-4-6-12(9-11)19-13(10-17)15(14(18)20)7-2-1-3-8-15/h4-6,9,13,19H,1-3,7-8H2,(H2,18,20). The molecular weight excluding hydrogens is 318 g/mol. The highest BCUT2D eigenvalue weighted by Crippen LogP contribution is 2.40. The van der Waals surface area contributed by atoms with Gasteiger partial charge in [0.05, 0.1) is 11.5 Å². The molecule has 0 saturated heterocycles. The van der Waals surface area contributed by atoms with Crippen LogP contribution >= 0.6 is 15.9 Å². The Labute approximate surface area is 127 Å². The van der Waals surface area contributed by atoms with E-state index < -0.39 is 11.5 Å². The summed E-state index contributed by atoms with van der Waals surface area (Å²) in [5.41, 5.74) is 5.69. The van der Waals surface area contributed by atoms with Crippen LogP contribution in [0.5, 0.6) is 0 Å². The number of anilines is 1. The Kier molecular flexibility index (Phi) is 4.66. The fraction of sp³-hybridized carbons (Fsp3) is 0.467. The molecule has 1 atom stereocenters. The average Bonchev–Trinajstić information content (AvgIpc) is 2.45. The second-order valence-corrected chi connectivity index (χ2v) is 6.21. The van der Waals surface area contributed by atoms with E-state index in [4.69, 9.17) is 5.73 Å². The van der Waals surface area contributed by atoms with Crippen molar-refractivity contribution in [3.05, 3.63) is 28.7 Å². The van der Waals surface area contributed by atoms with E-state index in [9.17, 15) is 10.1 Å². The summed E-state index contributed by atoms with van der Waals surface area (Å²) < 4.78 is 0.927. The van der Waals surface area contributed by atoms with Crippen molar-refractivity contribution >= 4 is 27.5 Å². The molecule has 1 unspecified atom stereocenters. The van der Waals surface area contributed by atoms with E-state index >= 15 is 0 Å². The van der Waals surface area contributed by atoms with Crippen LogP contribution in [0.3, 0.4) is 0 Å². The number of nitrogens with zero attached hydrogens (tertiary/aromatic N) is 1. The molecule has 2 rings (SSSR count). The first-order valence-corrected chi connectivity index (χ1v) is 7.59. The molecule has 3 N–H and O–H groups in total. The van der Waals surface area contributed by atoms with Crippen LogP contribution in [0, 0.1) is 16.7 Å². The van der Waals surface area contributed by atoms with E-state index in [1.807, 2.05) is 24.3 Å². The van der Waals surface area contributed by atoms with Gasteiger partial charge in [0.1, 0.15) is 6.04 Å². The summed E-state index contributed by atoms with van der Waals surface area (Å²) in [7, 11) is 0. The lowest BCUT2D eigenvalue weighted by atomic mass is 9.68. The van der Waals surface area contributed by atoms with Gasteiger partial charge in [-0.1, -0.05) is 41.3 Å². The summed E-state index contributed by atoms with van der Waals surface area (Å²) in [4.78, 5) is 12.0. The maximum Gasteiger partial charge on any atom is 0.226 e. The van der Waals surface area contributed by atoms with E-state index in [2.05, 4.69) is 27.3 Å². The van der Waals surface area contributed by atoms with Gasteiger partial charge >= 0.3 is 0 Å². The molecule has 1 fully saturated rings. The molecule has 5 heteroatoms. The first-order valence-electron chi connectivity index (χ1n) is 6.80. The third-order valence-corrected chi connectivity index (χ3v) is 4.55. The largest absolute Gasteiger partial charge is 0.369 e. The zero-order valence-electron chi connectivity index (χ0n) is 11.2. The Bertz CT molecular complexity index is 532. The zero-order chi connectivity index (χ0) is 14.6. The summed E-state index contributed by atoms with van der Waals surface area (Å²) in [6, 6.07) is 9.22. The highest BCUT2D eigenvalue weighted by atomic mass is 79.9. The van der Waals surface area contributed by atoms with Crippen molar-refractivity contribution in [3.8, 4) is 6.07 Å². The zero-order valence-corrected chi connectivity index (χ0v) is 12.8. The Hall–Kier alpha value is -1.54. The molecule has 1 aliphatic carbocycles. The van der Waals surface area contributed by atoms with Crippen LogP contribution in [-0.4, -0.2) is 11.9 Å². The molecule has 0 bridgehead atoms. The molecule has 0 aromatic heterocycles. The maximum atomic E-state index is 12.0. The number of primary amides is 1. The van der Waals surface area contributed by atoms with Gasteiger partial charge in [0.15, 0.2) is 0 Å². The predicted octanol–water partition coefficient (Wildman–Crippen LogP) is 3.19. The Morgan fingerprint density at radius 3 is 2.65 bits per heavy atom. The van der Waals surface area contributed by atoms with Crippen LogP contribution in [0.2, 0.25) is 0 Å². The van der Waals surface area contributed by atoms with E-state index in [0.29, 0.717) is 12.8 Å². The Morgan fingerprint density at radius 1 is 1.40 bits per heavy atom. The minimum absolute atomic E-state index is 0.369. The number of rotatable bonds is 4. The van der Waals surface area contributed by atoms with Crippen LogP contribution in [0.25, 0.3) is 0 Å². The SMILES string of the molecule is N#CC(Nc1cccc(Br)c1)C1(C(N)=O)CCCCC1. The topological polar surface area (TPSA) is 78.9 Å². The Balaban J connectivity index is 2.25. The molecule has 1 aromatic carbocycles. The fourth-order valence-corrected chi connectivity index (χ4v) is 3.30. The van der Waals surface area contributed by atoms with Gasteiger partial charge in [0.2, 0.25) is 5.91 Å². The molecule has 0 radical (unpaired) electrons. The van der Waals surface area contributed by atoms with Crippen molar-refractivity contribution in [1.29, 1.82) is 5.26 Å². The first kappa shape index (κ1) is 14.9. The quantitative estimate of drug-likeness (QED) is 0.886. The van der Waals surface area contributed by atoms with Gasteiger partial charge in [-0.15, -0.1) is 0 Å². The first-order chi connectivity index (χ1) is 9.58. The van der Waals surface area contributed by atoms with E-state index in [1.165, 1.54) is 0 Å². The third-order valence-electron chi connectivity index (χ3n) is 4.05. The predicted molar refractivity (Wildman–Crippen MR) is 81.9 cm³/mol. The number of hydrogen-bond acceptors (Lipinski definition) is 3. The maximum absolute atomic E-state index is 12.0. The lowest BCUT2D eigenvalue weighted by molar-refractivity contribution is -0.129. The van der Waals surface area contributed by atoms with Gasteiger partial charge in [-0.25, -0.2) is 0 Å². The minimum Gasteiger partial charge on any atom is -0.369 e. The molecule has 20 heavy (non-hydrogen) atoms. The average molecular weight is 336 g/mol. The van der Waals surface area contributed by atoms with Crippen LogP contribution < -0.4 is 11.1 Å². The minimum atomic E-state index is -0.755. The number of nitrogens with two attached hydrogens (primary N) is 1. The number of carbonyl (C=O) groups is 1. The smallest absolute Gasteiger partial charge is 0.226 e. The molecule has 1 saturated carbocycles. The van der Waals surface area contributed by atoms with Gasteiger partial charge in [0.25, 0.3) is 0 Å². The molecule has 1 aliphatic rings. The number of nitriles is 1. The molecule has 1 amide bonds. The molecule has 0 aliphatic heterocycles. The van der Waals surface area contributed by atoms with Crippen LogP contribution in [0.1, 0.15) is 32.1 Å². The molecule has 1 aromatic rings. The van der Waals surface area contributed by atoms with Crippen molar-refractivity contribution < 1.29 is 4.79 Å². The monoisotopic (exact) mass is 335 g/mol. The van der Waals surface area contributed by atoms with E-state index in [0.717, 1.165) is 29.4 Å². The third kappa shape index (κ3) is 2.96. The highest BCUT2D eigenvalue weighted by molar-refractivity contribution is 9.10. The van der Waals surface area contributed by atoms with Crippen LogP contribution in [-0.2, 0) is 4.79 Å². The summed E-state index contributed by atoms with van der Waals surface area (Å²) in [5.74, 6) is -0.369. The van der Waals surface area contributed by atoms with Gasteiger partial charge < -0.3 is 11.1 Å². The van der Waals surface area contributed by atoms with Gasteiger partial charge in [-0.2, -0.15) is 5.26 Å². The van der Waals surface area contributed by atoms with Crippen molar-refractivity contribution in [2.24, 2.45) is 11.1 Å². The van der Waals surface area contributed by atoms with E-state index in [1.54, 1.807) is 0 Å². The lowest BCUT2D eigenvalue weighted by Crippen LogP contribution is -2.50. The van der Waals surface area contributed by atoms with Gasteiger partial charge in [-0.05, 0) is 31.0 Å². The Morgan fingerprint density at radius 2 is 2.10 bits per heavy atom. The second kappa shape index (κ2) is 6.27. The summed E-state index contributed by atoms with van der Waals surface area (Å²) >= 11 is 3.40. The lowest BCUT2D eigenvalue weighted by Gasteiger charge is -2.38. The van der Waals surface area contributed by atoms with Crippen LogP contribution in [0.15, 0.2) is 28.7 Å². The van der Waals surface area contributed by atoms with Crippen molar-refractivity contribution in [1.82, 2.24) is 0 Å². The van der Waals surface area contributed by atoms with Crippen molar-refractivity contribution in [2.45, 2.75) is 38.1 Å². The summed E-state index contributed by atoms with van der Waals surface area (Å²) in [6.45, 7) is 0. The summed E-state index contributed by atoms with van der Waals surface area (Å²) in [6.07, 6.45) is 4.36. The van der Waals surface area contributed by atoms with Gasteiger partial charge in [0, 0.05) is 10.2 Å².